The SMILES string of the molecule is CN1CCN([n+]2cc(NC(=O)CSc3cc(C(C)(C)C)c(O)c(C(C)(C)C)c3)on2)CC1. The largest absolute Gasteiger partial charge is 0.507 e. The number of carbonyl (C=O) groups is 1. The van der Waals surface area contributed by atoms with Crippen molar-refractivity contribution in [2.24, 2.45) is 0 Å². The van der Waals surface area contributed by atoms with Crippen LogP contribution < -0.4 is 15.1 Å². The van der Waals surface area contributed by atoms with E-state index in [1.807, 2.05) is 12.1 Å². The number of hydrogen-bond acceptors (Lipinski definition) is 7. The summed E-state index contributed by atoms with van der Waals surface area (Å²) in [6.07, 6.45) is 1.70. The van der Waals surface area contributed by atoms with E-state index >= 15 is 0 Å². The van der Waals surface area contributed by atoms with Crippen LogP contribution in [-0.4, -0.2) is 60.2 Å². The Morgan fingerprint density at radius 3 is 2.22 bits per heavy atom. The topological polar surface area (TPSA) is 85.7 Å². The fraction of sp³-hybridized carbons (Fsp3) is 0.609. The number of rotatable bonds is 5. The number of piperazine rings is 1. The molecule has 176 valence electrons. The van der Waals surface area contributed by atoms with Crippen LogP contribution in [-0.2, 0) is 15.6 Å². The molecule has 0 radical (unpaired) electrons. The molecule has 1 saturated heterocycles. The van der Waals surface area contributed by atoms with Crippen LogP contribution >= 0.6 is 11.8 Å². The number of thioether (sulfide) groups is 1. The first-order valence-corrected chi connectivity index (χ1v) is 12.0. The number of nitrogens with zero attached hydrogens (tertiary/aromatic N) is 4. The van der Waals surface area contributed by atoms with E-state index in [1.165, 1.54) is 11.8 Å². The van der Waals surface area contributed by atoms with E-state index < -0.39 is 0 Å². The van der Waals surface area contributed by atoms with E-state index in [4.69, 9.17) is 4.52 Å². The number of likely N-dealkylation sites (N-methyl/N-ethyl adjacent to an activating group) is 1. The van der Waals surface area contributed by atoms with Crippen molar-refractivity contribution in [1.29, 1.82) is 0 Å². The second kappa shape index (κ2) is 9.31. The summed E-state index contributed by atoms with van der Waals surface area (Å²) >= 11 is 1.44. The second-order valence-electron chi connectivity index (χ2n) is 10.4. The molecule has 8 nitrogen and oxygen atoms in total. The Bertz CT molecular complexity index is 918. The maximum absolute atomic E-state index is 12.5. The molecule has 0 aliphatic carbocycles. The van der Waals surface area contributed by atoms with E-state index in [2.05, 4.69) is 69.1 Å². The van der Waals surface area contributed by atoms with Crippen molar-refractivity contribution in [1.82, 2.24) is 10.2 Å². The van der Waals surface area contributed by atoms with Gasteiger partial charge in [-0.15, -0.1) is 11.8 Å². The van der Waals surface area contributed by atoms with Gasteiger partial charge in [0.2, 0.25) is 11.2 Å². The van der Waals surface area contributed by atoms with Gasteiger partial charge >= 0.3 is 5.88 Å². The molecule has 0 saturated carbocycles. The van der Waals surface area contributed by atoms with Crippen molar-refractivity contribution in [3.63, 3.8) is 0 Å². The first-order valence-electron chi connectivity index (χ1n) is 11.0. The van der Waals surface area contributed by atoms with Gasteiger partial charge in [0.15, 0.2) is 0 Å². The van der Waals surface area contributed by atoms with Crippen molar-refractivity contribution in [2.75, 3.05) is 49.3 Å². The fourth-order valence-corrected chi connectivity index (χ4v) is 4.36. The van der Waals surface area contributed by atoms with Gasteiger partial charge in [-0.25, -0.2) is 0 Å². The molecule has 32 heavy (non-hydrogen) atoms. The minimum atomic E-state index is -0.209. The second-order valence-corrected chi connectivity index (χ2v) is 11.5. The number of hydrogen-bond donors (Lipinski definition) is 2. The summed E-state index contributed by atoms with van der Waals surface area (Å²) in [5.41, 5.74) is 1.35. The van der Waals surface area contributed by atoms with Gasteiger partial charge in [-0.3, -0.25) is 14.6 Å². The molecule has 3 rings (SSSR count). The highest BCUT2D eigenvalue weighted by Gasteiger charge is 2.27. The number of aromatic hydroxyl groups is 1. The zero-order valence-corrected chi connectivity index (χ0v) is 21.0. The number of aromatic nitrogens is 2. The molecule has 1 aromatic heterocycles. The third-order valence-corrected chi connectivity index (χ3v) is 6.53. The van der Waals surface area contributed by atoms with Crippen molar-refractivity contribution in [2.45, 2.75) is 57.3 Å². The Morgan fingerprint density at radius 2 is 1.69 bits per heavy atom. The van der Waals surface area contributed by atoms with Crippen molar-refractivity contribution in [3.05, 3.63) is 29.5 Å². The van der Waals surface area contributed by atoms with Crippen LogP contribution in [0.4, 0.5) is 5.88 Å². The number of phenolic OH excluding ortho intramolecular Hbond substituents is 1. The van der Waals surface area contributed by atoms with Gasteiger partial charge in [-0.2, -0.15) is 5.01 Å². The zero-order chi connectivity index (χ0) is 23.7. The highest BCUT2D eigenvalue weighted by molar-refractivity contribution is 8.00. The van der Waals surface area contributed by atoms with E-state index in [0.29, 0.717) is 11.6 Å². The number of nitrogens with one attached hydrogen (secondary N) is 1. The molecule has 9 heteroatoms. The summed E-state index contributed by atoms with van der Waals surface area (Å²) in [5.74, 6) is 0.729. The average Bonchev–Trinajstić information content (AvgIpc) is 3.14. The van der Waals surface area contributed by atoms with Gasteiger partial charge in [0.05, 0.1) is 23.6 Å². The van der Waals surface area contributed by atoms with Crippen LogP contribution in [0.25, 0.3) is 0 Å². The Kier molecular flexibility index (Phi) is 7.09. The third-order valence-electron chi connectivity index (χ3n) is 5.56. The molecule has 1 aliphatic rings. The van der Waals surface area contributed by atoms with Crippen LogP contribution in [0, 0.1) is 0 Å². The lowest BCUT2D eigenvalue weighted by molar-refractivity contribution is -0.759. The molecule has 0 atom stereocenters. The number of amides is 1. The summed E-state index contributed by atoms with van der Waals surface area (Å²) in [6.45, 7) is 16.1. The molecular weight excluding hydrogens is 426 g/mol. The predicted octanol–water partition coefficient (Wildman–Crippen LogP) is 2.88. The molecule has 1 aromatic carbocycles. The van der Waals surface area contributed by atoms with E-state index in [-0.39, 0.29) is 22.5 Å². The van der Waals surface area contributed by atoms with Gasteiger partial charge in [0.1, 0.15) is 5.75 Å². The minimum Gasteiger partial charge on any atom is -0.507 e. The maximum Gasteiger partial charge on any atom is 0.305 e. The van der Waals surface area contributed by atoms with Gasteiger partial charge in [-0.1, -0.05) is 41.5 Å². The highest BCUT2D eigenvalue weighted by Crippen LogP contribution is 2.41. The molecule has 0 unspecified atom stereocenters. The van der Waals surface area contributed by atoms with Crippen molar-refractivity contribution in [3.8, 4) is 5.75 Å². The molecule has 2 aromatic rings. The maximum atomic E-state index is 12.5. The molecule has 1 aliphatic heterocycles. The standard InChI is InChI=1S/C23H35N5O3S/c1-22(2,3)17-12-16(13-18(21(17)30)23(4,5)6)32-15-19(29)24-20-14-28(25-31-20)27-10-8-26(7)9-11-27/h12-14H,8-11,15H2,1-7H3,(H-,24,25,29,30)/p+1. The summed E-state index contributed by atoms with van der Waals surface area (Å²) in [7, 11) is 2.09. The highest BCUT2D eigenvalue weighted by atomic mass is 32.2. The number of phenols is 1. The fourth-order valence-electron chi connectivity index (χ4n) is 3.58. The summed E-state index contributed by atoms with van der Waals surface area (Å²) in [5, 5.41) is 19.7. The normalized spacial score (nSPS) is 15.8. The zero-order valence-electron chi connectivity index (χ0n) is 20.2. The van der Waals surface area contributed by atoms with Crippen LogP contribution in [0.3, 0.4) is 0 Å². The van der Waals surface area contributed by atoms with Gasteiger partial charge < -0.3 is 10.0 Å². The third kappa shape index (κ3) is 5.95. The van der Waals surface area contributed by atoms with E-state index in [1.54, 1.807) is 11.0 Å². The first-order chi connectivity index (χ1) is 14.8. The quantitative estimate of drug-likeness (QED) is 0.522. The van der Waals surface area contributed by atoms with Gasteiger partial charge in [0.25, 0.3) is 6.20 Å². The summed E-state index contributed by atoms with van der Waals surface area (Å²) < 4.78 is 5.29. The predicted molar refractivity (Wildman–Crippen MR) is 127 cm³/mol. The molecule has 2 N–H and O–H groups in total. The minimum absolute atomic E-state index is 0.167. The number of benzene rings is 1. The van der Waals surface area contributed by atoms with Crippen LogP contribution in [0.15, 0.2) is 27.7 Å². The lowest BCUT2D eigenvalue weighted by atomic mass is 9.79. The van der Waals surface area contributed by atoms with Crippen LogP contribution in [0.1, 0.15) is 52.7 Å². The molecule has 1 fully saturated rings. The summed E-state index contributed by atoms with van der Waals surface area (Å²) in [4.78, 5) is 17.4. The number of anilines is 1. The van der Waals surface area contributed by atoms with Crippen LogP contribution in [0.5, 0.6) is 5.75 Å². The van der Waals surface area contributed by atoms with Crippen molar-refractivity contribution < 1.29 is 19.2 Å². The number of carbonyl (C=O) groups excluding carboxylic acids is 1. The summed E-state index contributed by atoms with van der Waals surface area (Å²) in [6, 6.07) is 3.97. The lowest BCUT2D eigenvalue weighted by Crippen LogP contribution is -2.64. The van der Waals surface area contributed by atoms with E-state index in [9.17, 15) is 9.90 Å². The van der Waals surface area contributed by atoms with Crippen LogP contribution in [0.2, 0.25) is 0 Å². The van der Waals surface area contributed by atoms with Crippen molar-refractivity contribution >= 4 is 23.6 Å². The molecule has 0 bridgehead atoms. The molecule has 1 amide bonds. The lowest BCUT2D eigenvalue weighted by Gasteiger charge is -2.28. The first kappa shape index (κ1) is 24.4. The average molecular weight is 463 g/mol. The smallest absolute Gasteiger partial charge is 0.305 e. The monoisotopic (exact) mass is 462 g/mol. The Labute approximate surface area is 194 Å². The Balaban J connectivity index is 1.66. The van der Waals surface area contributed by atoms with Gasteiger partial charge in [0, 0.05) is 29.1 Å². The van der Waals surface area contributed by atoms with E-state index in [0.717, 1.165) is 42.2 Å². The van der Waals surface area contributed by atoms with Gasteiger partial charge in [-0.05, 0) is 30.0 Å². The Hall–Kier alpha value is -2.26. The molecule has 0 spiro atoms. The Morgan fingerprint density at radius 1 is 1.12 bits per heavy atom. The molecule has 2 heterocycles. The molecular formula is C23H36N5O3S+.